The van der Waals surface area contributed by atoms with Crippen LogP contribution in [0.1, 0.15) is 52.4 Å². The van der Waals surface area contributed by atoms with Gasteiger partial charge in [-0.05, 0) is 26.2 Å². The first-order valence-corrected chi connectivity index (χ1v) is 6.72. The average molecular weight is 242 g/mol. The number of aliphatic hydroxyl groups is 1. The molecule has 3 atom stereocenters. The Bertz CT molecular complexity index is 254. The van der Waals surface area contributed by atoms with E-state index < -0.39 is 5.60 Å². The standard InChI is InChI=1S/C13H26N2O2/c1-3-13(2,17)9-15-12(16)10-7-5-4-6-8-11(10)14/h10-11,17H,3-9,14H2,1-2H3,(H,15,16). The third-order valence-electron chi connectivity index (χ3n) is 3.81. The van der Waals surface area contributed by atoms with Crippen LogP contribution in [0.15, 0.2) is 0 Å². The zero-order valence-corrected chi connectivity index (χ0v) is 11.0. The lowest BCUT2D eigenvalue weighted by Gasteiger charge is -2.25. The van der Waals surface area contributed by atoms with Crippen LogP contribution in [0.3, 0.4) is 0 Å². The number of rotatable bonds is 4. The molecule has 100 valence electrons. The summed E-state index contributed by atoms with van der Waals surface area (Å²) >= 11 is 0. The van der Waals surface area contributed by atoms with Gasteiger partial charge in [0.2, 0.25) is 5.91 Å². The second-order valence-corrected chi connectivity index (χ2v) is 5.48. The second kappa shape index (κ2) is 6.36. The summed E-state index contributed by atoms with van der Waals surface area (Å²) in [7, 11) is 0. The van der Waals surface area contributed by atoms with Crippen molar-refractivity contribution in [3.05, 3.63) is 0 Å². The molecule has 0 saturated heterocycles. The van der Waals surface area contributed by atoms with Gasteiger partial charge in [0.15, 0.2) is 0 Å². The molecule has 0 aromatic rings. The molecular formula is C13H26N2O2. The fraction of sp³-hybridized carbons (Fsp3) is 0.923. The fourth-order valence-corrected chi connectivity index (χ4v) is 2.20. The van der Waals surface area contributed by atoms with E-state index in [1.807, 2.05) is 6.92 Å². The topological polar surface area (TPSA) is 75.3 Å². The summed E-state index contributed by atoms with van der Waals surface area (Å²) < 4.78 is 0. The molecule has 1 saturated carbocycles. The van der Waals surface area contributed by atoms with Gasteiger partial charge in [0.1, 0.15) is 0 Å². The monoisotopic (exact) mass is 242 g/mol. The van der Waals surface area contributed by atoms with Crippen molar-refractivity contribution in [2.45, 2.75) is 64.0 Å². The van der Waals surface area contributed by atoms with Gasteiger partial charge in [0, 0.05) is 12.6 Å². The first-order valence-electron chi connectivity index (χ1n) is 6.72. The summed E-state index contributed by atoms with van der Waals surface area (Å²) in [4.78, 5) is 12.0. The van der Waals surface area contributed by atoms with Crippen LogP contribution < -0.4 is 11.1 Å². The predicted molar refractivity (Wildman–Crippen MR) is 68.5 cm³/mol. The average Bonchev–Trinajstić information content (AvgIpc) is 2.51. The Labute approximate surface area is 104 Å². The molecule has 1 fully saturated rings. The summed E-state index contributed by atoms with van der Waals surface area (Å²) in [6.07, 6.45) is 5.81. The van der Waals surface area contributed by atoms with Crippen molar-refractivity contribution in [1.29, 1.82) is 0 Å². The van der Waals surface area contributed by atoms with Gasteiger partial charge in [-0.1, -0.05) is 26.2 Å². The number of hydrogen-bond donors (Lipinski definition) is 3. The Balaban J connectivity index is 2.45. The quantitative estimate of drug-likeness (QED) is 0.648. The largest absolute Gasteiger partial charge is 0.388 e. The van der Waals surface area contributed by atoms with Crippen molar-refractivity contribution in [2.75, 3.05) is 6.54 Å². The third kappa shape index (κ3) is 4.64. The number of carbonyl (C=O) groups excluding carboxylic acids is 1. The van der Waals surface area contributed by atoms with Crippen LogP contribution in [-0.2, 0) is 4.79 Å². The van der Waals surface area contributed by atoms with Gasteiger partial charge in [-0.2, -0.15) is 0 Å². The van der Waals surface area contributed by atoms with E-state index in [9.17, 15) is 9.90 Å². The molecule has 0 aromatic heterocycles. The minimum atomic E-state index is -0.815. The minimum absolute atomic E-state index is 0.00752. The van der Waals surface area contributed by atoms with Crippen molar-refractivity contribution in [3.8, 4) is 0 Å². The summed E-state index contributed by atoms with van der Waals surface area (Å²) in [6, 6.07) is -0.0240. The van der Waals surface area contributed by atoms with Crippen molar-refractivity contribution in [2.24, 2.45) is 11.7 Å². The first-order chi connectivity index (χ1) is 7.96. The lowest BCUT2D eigenvalue weighted by molar-refractivity contribution is -0.127. The van der Waals surface area contributed by atoms with Crippen LogP contribution in [0.2, 0.25) is 0 Å². The number of hydrogen-bond acceptors (Lipinski definition) is 3. The smallest absolute Gasteiger partial charge is 0.224 e. The Morgan fingerprint density at radius 3 is 2.71 bits per heavy atom. The van der Waals surface area contributed by atoms with Crippen molar-refractivity contribution < 1.29 is 9.90 Å². The van der Waals surface area contributed by atoms with E-state index in [4.69, 9.17) is 5.73 Å². The summed E-state index contributed by atoms with van der Waals surface area (Å²) in [6.45, 7) is 3.95. The highest BCUT2D eigenvalue weighted by molar-refractivity contribution is 5.79. The van der Waals surface area contributed by atoms with Gasteiger partial charge in [-0.25, -0.2) is 0 Å². The Morgan fingerprint density at radius 2 is 2.06 bits per heavy atom. The molecule has 1 amide bonds. The van der Waals surface area contributed by atoms with Gasteiger partial charge in [-0.3, -0.25) is 4.79 Å². The van der Waals surface area contributed by atoms with Gasteiger partial charge < -0.3 is 16.2 Å². The first kappa shape index (κ1) is 14.5. The number of amides is 1. The molecular weight excluding hydrogens is 216 g/mol. The highest BCUT2D eigenvalue weighted by Crippen LogP contribution is 2.22. The van der Waals surface area contributed by atoms with Crippen LogP contribution in [0.25, 0.3) is 0 Å². The lowest BCUT2D eigenvalue weighted by atomic mass is 9.94. The van der Waals surface area contributed by atoms with Gasteiger partial charge in [0.05, 0.1) is 11.5 Å². The van der Waals surface area contributed by atoms with Gasteiger partial charge >= 0.3 is 0 Å². The predicted octanol–water partition coefficient (Wildman–Crippen LogP) is 1.17. The molecule has 0 aromatic carbocycles. The highest BCUT2D eigenvalue weighted by atomic mass is 16.3. The molecule has 1 aliphatic rings. The molecule has 1 rings (SSSR count). The molecule has 0 bridgehead atoms. The molecule has 4 heteroatoms. The highest BCUT2D eigenvalue weighted by Gasteiger charge is 2.28. The van der Waals surface area contributed by atoms with Crippen LogP contribution in [0, 0.1) is 5.92 Å². The van der Waals surface area contributed by atoms with E-state index in [0.29, 0.717) is 13.0 Å². The molecule has 17 heavy (non-hydrogen) atoms. The van der Waals surface area contributed by atoms with Crippen LogP contribution in [0.4, 0.5) is 0 Å². The lowest BCUT2D eigenvalue weighted by Crippen LogP contribution is -2.46. The van der Waals surface area contributed by atoms with Crippen molar-refractivity contribution in [1.82, 2.24) is 5.32 Å². The molecule has 0 radical (unpaired) electrons. The van der Waals surface area contributed by atoms with Crippen molar-refractivity contribution >= 4 is 5.91 Å². The molecule has 0 spiro atoms. The molecule has 3 unspecified atom stereocenters. The zero-order chi connectivity index (χ0) is 12.9. The summed E-state index contributed by atoms with van der Waals surface area (Å²) in [5.74, 6) is -0.0710. The Morgan fingerprint density at radius 1 is 1.41 bits per heavy atom. The van der Waals surface area contributed by atoms with E-state index in [0.717, 1.165) is 25.7 Å². The number of nitrogens with two attached hydrogens (primary N) is 1. The fourth-order valence-electron chi connectivity index (χ4n) is 2.20. The van der Waals surface area contributed by atoms with Crippen LogP contribution in [-0.4, -0.2) is 29.2 Å². The molecule has 4 N–H and O–H groups in total. The van der Waals surface area contributed by atoms with Crippen molar-refractivity contribution in [3.63, 3.8) is 0 Å². The summed E-state index contributed by atoms with van der Waals surface area (Å²) in [5, 5.41) is 12.7. The van der Waals surface area contributed by atoms with E-state index in [1.54, 1.807) is 6.92 Å². The normalized spacial score (nSPS) is 29.2. The van der Waals surface area contributed by atoms with E-state index in [1.165, 1.54) is 6.42 Å². The maximum absolute atomic E-state index is 12.0. The van der Waals surface area contributed by atoms with Crippen LogP contribution in [0.5, 0.6) is 0 Å². The molecule has 0 aliphatic heterocycles. The third-order valence-corrected chi connectivity index (χ3v) is 3.81. The molecule has 0 heterocycles. The van der Waals surface area contributed by atoms with Crippen LogP contribution >= 0.6 is 0 Å². The minimum Gasteiger partial charge on any atom is -0.388 e. The SMILES string of the molecule is CCC(C)(O)CNC(=O)C1CCCCCC1N. The Hall–Kier alpha value is -0.610. The second-order valence-electron chi connectivity index (χ2n) is 5.48. The van der Waals surface area contributed by atoms with Gasteiger partial charge in [-0.15, -0.1) is 0 Å². The number of nitrogens with one attached hydrogen (secondary N) is 1. The van der Waals surface area contributed by atoms with E-state index in [2.05, 4.69) is 5.32 Å². The Kier molecular flexibility index (Phi) is 5.40. The maximum Gasteiger partial charge on any atom is 0.224 e. The van der Waals surface area contributed by atoms with Gasteiger partial charge in [0.25, 0.3) is 0 Å². The van der Waals surface area contributed by atoms with E-state index >= 15 is 0 Å². The zero-order valence-electron chi connectivity index (χ0n) is 11.0. The maximum atomic E-state index is 12.0. The summed E-state index contributed by atoms with van der Waals surface area (Å²) in [5.41, 5.74) is 5.21. The number of carbonyl (C=O) groups is 1. The molecule has 1 aliphatic carbocycles. The molecule has 4 nitrogen and oxygen atoms in total. The van der Waals surface area contributed by atoms with E-state index in [-0.39, 0.29) is 17.9 Å².